The number of rotatable bonds is 4. The van der Waals surface area contributed by atoms with Gasteiger partial charge in [0.2, 0.25) is 0 Å². The highest BCUT2D eigenvalue weighted by molar-refractivity contribution is 9.10. The van der Waals surface area contributed by atoms with Gasteiger partial charge >= 0.3 is 0 Å². The molecule has 1 N–H and O–H groups in total. The van der Waals surface area contributed by atoms with Crippen LogP contribution in [0.5, 0.6) is 0 Å². The number of nitrogens with zero attached hydrogens (tertiary/aromatic N) is 1. The van der Waals surface area contributed by atoms with Crippen molar-refractivity contribution in [2.75, 3.05) is 23.3 Å². The molecule has 2 aromatic carbocycles. The third kappa shape index (κ3) is 3.72. The largest absolute Gasteiger partial charge is 0.380 e. The molecule has 1 aliphatic heterocycles. The Kier molecular flexibility index (Phi) is 4.71. The highest BCUT2D eigenvalue weighted by atomic mass is 79.9. The molecule has 110 valence electrons. The van der Waals surface area contributed by atoms with Crippen LogP contribution in [0.4, 0.5) is 11.4 Å². The van der Waals surface area contributed by atoms with E-state index in [1.807, 2.05) is 18.2 Å². The molecule has 1 aliphatic rings. The summed E-state index contributed by atoms with van der Waals surface area (Å²) in [6, 6.07) is 14.6. The van der Waals surface area contributed by atoms with Crippen LogP contribution in [-0.2, 0) is 6.54 Å². The molecule has 3 rings (SSSR count). The molecule has 0 unspecified atom stereocenters. The smallest absolute Gasteiger partial charge is 0.0488 e. The van der Waals surface area contributed by atoms with Crippen molar-refractivity contribution >= 4 is 38.9 Å². The Morgan fingerprint density at radius 3 is 2.43 bits per heavy atom. The number of nitrogens with one attached hydrogen (secondary N) is 1. The van der Waals surface area contributed by atoms with Crippen molar-refractivity contribution in [2.45, 2.75) is 19.4 Å². The lowest BCUT2D eigenvalue weighted by atomic mass is 10.2. The first-order chi connectivity index (χ1) is 10.2. The molecule has 0 saturated carbocycles. The van der Waals surface area contributed by atoms with Crippen molar-refractivity contribution in [3.63, 3.8) is 0 Å². The van der Waals surface area contributed by atoms with Crippen LogP contribution < -0.4 is 10.2 Å². The molecule has 0 radical (unpaired) electrons. The van der Waals surface area contributed by atoms with Gasteiger partial charge in [0.15, 0.2) is 0 Å². The minimum Gasteiger partial charge on any atom is -0.380 e. The molecule has 21 heavy (non-hydrogen) atoms. The summed E-state index contributed by atoms with van der Waals surface area (Å²) in [5, 5.41) is 4.16. The second-order valence-corrected chi connectivity index (χ2v) is 6.63. The molecular weight excluding hydrogens is 348 g/mol. The van der Waals surface area contributed by atoms with Crippen LogP contribution in [0.2, 0.25) is 5.02 Å². The first kappa shape index (κ1) is 14.7. The summed E-state index contributed by atoms with van der Waals surface area (Å²) >= 11 is 9.47. The normalized spacial score (nSPS) is 14.5. The van der Waals surface area contributed by atoms with Gasteiger partial charge in [-0.1, -0.05) is 23.7 Å². The van der Waals surface area contributed by atoms with E-state index in [4.69, 9.17) is 11.6 Å². The van der Waals surface area contributed by atoms with Gasteiger partial charge in [0.05, 0.1) is 0 Å². The monoisotopic (exact) mass is 364 g/mol. The van der Waals surface area contributed by atoms with Gasteiger partial charge in [-0.25, -0.2) is 0 Å². The minimum atomic E-state index is 0.738. The minimum absolute atomic E-state index is 0.738. The average molecular weight is 366 g/mol. The van der Waals surface area contributed by atoms with Gasteiger partial charge in [-0.2, -0.15) is 0 Å². The summed E-state index contributed by atoms with van der Waals surface area (Å²) in [6.07, 6.45) is 2.63. The zero-order valence-electron chi connectivity index (χ0n) is 11.8. The third-order valence-electron chi connectivity index (χ3n) is 3.82. The van der Waals surface area contributed by atoms with Crippen molar-refractivity contribution < 1.29 is 0 Å². The van der Waals surface area contributed by atoms with Crippen LogP contribution in [0.15, 0.2) is 46.9 Å². The van der Waals surface area contributed by atoms with Crippen molar-refractivity contribution in [1.82, 2.24) is 0 Å². The highest BCUT2D eigenvalue weighted by Crippen LogP contribution is 2.26. The van der Waals surface area contributed by atoms with Crippen LogP contribution in [0, 0.1) is 0 Å². The lowest BCUT2D eigenvalue weighted by Gasteiger charge is -2.18. The Labute approximate surface area is 139 Å². The summed E-state index contributed by atoms with van der Waals surface area (Å²) in [7, 11) is 0. The molecule has 2 nitrogen and oxygen atoms in total. The molecule has 0 spiro atoms. The standard InChI is InChI=1S/C17H18BrClN2/c18-16-11-14(19)5-8-17(16)20-12-13-3-6-15(7-4-13)21-9-1-2-10-21/h3-8,11,20H,1-2,9-10,12H2. The predicted octanol–water partition coefficient (Wildman–Crippen LogP) is 5.31. The van der Waals surface area contributed by atoms with Crippen molar-refractivity contribution in [3.8, 4) is 0 Å². The average Bonchev–Trinajstić information content (AvgIpc) is 3.01. The quantitative estimate of drug-likeness (QED) is 0.789. The molecule has 2 aromatic rings. The number of hydrogen-bond donors (Lipinski definition) is 1. The zero-order chi connectivity index (χ0) is 14.7. The van der Waals surface area contributed by atoms with Crippen LogP contribution in [0.1, 0.15) is 18.4 Å². The first-order valence-electron chi connectivity index (χ1n) is 7.25. The molecule has 0 aliphatic carbocycles. The summed E-state index contributed by atoms with van der Waals surface area (Å²) in [5.74, 6) is 0. The molecule has 0 amide bonds. The van der Waals surface area contributed by atoms with E-state index >= 15 is 0 Å². The second kappa shape index (κ2) is 6.71. The molecule has 1 heterocycles. The fourth-order valence-electron chi connectivity index (χ4n) is 2.63. The van der Waals surface area contributed by atoms with Gasteiger partial charge in [-0.05, 0) is 64.7 Å². The van der Waals surface area contributed by atoms with Gasteiger partial charge in [-0.15, -0.1) is 0 Å². The molecular formula is C17H18BrClN2. The summed E-state index contributed by atoms with van der Waals surface area (Å²) in [6.45, 7) is 3.19. The van der Waals surface area contributed by atoms with Crippen LogP contribution >= 0.6 is 27.5 Å². The Hall–Kier alpha value is -1.19. The topological polar surface area (TPSA) is 15.3 Å². The lowest BCUT2D eigenvalue weighted by molar-refractivity contribution is 0.949. The number of anilines is 2. The van der Waals surface area contributed by atoms with Gasteiger partial charge in [-0.3, -0.25) is 0 Å². The van der Waals surface area contributed by atoms with E-state index in [2.05, 4.69) is 50.4 Å². The van der Waals surface area contributed by atoms with E-state index in [1.54, 1.807) is 0 Å². The number of halogens is 2. The van der Waals surface area contributed by atoms with Gasteiger partial charge in [0, 0.05) is 40.5 Å². The zero-order valence-corrected chi connectivity index (χ0v) is 14.1. The van der Waals surface area contributed by atoms with Gasteiger partial charge < -0.3 is 10.2 Å². The Morgan fingerprint density at radius 1 is 1.05 bits per heavy atom. The summed E-state index contributed by atoms with van der Waals surface area (Å²) < 4.78 is 0.990. The van der Waals surface area contributed by atoms with E-state index < -0.39 is 0 Å². The van der Waals surface area contributed by atoms with E-state index in [9.17, 15) is 0 Å². The van der Waals surface area contributed by atoms with E-state index in [1.165, 1.54) is 37.2 Å². The van der Waals surface area contributed by atoms with Crippen molar-refractivity contribution in [2.24, 2.45) is 0 Å². The molecule has 0 bridgehead atoms. The van der Waals surface area contributed by atoms with E-state index in [0.717, 1.165) is 21.7 Å². The predicted molar refractivity (Wildman–Crippen MR) is 94.4 cm³/mol. The summed E-state index contributed by atoms with van der Waals surface area (Å²) in [4.78, 5) is 2.45. The fraction of sp³-hybridized carbons (Fsp3) is 0.294. The maximum Gasteiger partial charge on any atom is 0.0488 e. The molecule has 0 atom stereocenters. The summed E-state index contributed by atoms with van der Waals surface area (Å²) in [5.41, 5.74) is 3.67. The van der Waals surface area contributed by atoms with Crippen molar-refractivity contribution in [1.29, 1.82) is 0 Å². The second-order valence-electron chi connectivity index (χ2n) is 5.34. The Balaban J connectivity index is 1.62. The van der Waals surface area contributed by atoms with Crippen LogP contribution in [0.25, 0.3) is 0 Å². The number of benzene rings is 2. The number of hydrogen-bond acceptors (Lipinski definition) is 2. The third-order valence-corrected chi connectivity index (χ3v) is 4.71. The van der Waals surface area contributed by atoms with Gasteiger partial charge in [0.1, 0.15) is 0 Å². The van der Waals surface area contributed by atoms with Crippen LogP contribution in [0.3, 0.4) is 0 Å². The molecule has 4 heteroatoms. The highest BCUT2D eigenvalue weighted by Gasteiger charge is 2.11. The van der Waals surface area contributed by atoms with Crippen LogP contribution in [-0.4, -0.2) is 13.1 Å². The maximum absolute atomic E-state index is 5.95. The molecule has 1 fully saturated rings. The lowest BCUT2D eigenvalue weighted by Crippen LogP contribution is -2.17. The molecule has 0 aromatic heterocycles. The van der Waals surface area contributed by atoms with E-state index in [-0.39, 0.29) is 0 Å². The first-order valence-corrected chi connectivity index (χ1v) is 8.42. The fourth-order valence-corrected chi connectivity index (χ4v) is 3.45. The Bertz CT molecular complexity index is 607. The maximum atomic E-state index is 5.95. The Morgan fingerprint density at radius 2 is 1.76 bits per heavy atom. The van der Waals surface area contributed by atoms with E-state index in [0.29, 0.717) is 0 Å². The molecule has 1 saturated heterocycles. The van der Waals surface area contributed by atoms with Gasteiger partial charge in [0.25, 0.3) is 0 Å². The van der Waals surface area contributed by atoms with Crippen molar-refractivity contribution in [3.05, 3.63) is 57.5 Å². The SMILES string of the molecule is Clc1ccc(NCc2ccc(N3CCCC3)cc2)c(Br)c1.